The molecule has 0 bridgehead atoms. The second-order valence-electron chi connectivity index (χ2n) is 2.26. The Morgan fingerprint density at radius 3 is 2.73 bits per heavy atom. The van der Waals surface area contributed by atoms with Crippen molar-refractivity contribution < 1.29 is 4.79 Å². The molecule has 0 aromatic carbocycles. The van der Waals surface area contributed by atoms with Crippen LogP contribution in [0.25, 0.3) is 0 Å². The van der Waals surface area contributed by atoms with Crippen LogP contribution in [0, 0.1) is 13.8 Å². The summed E-state index contributed by atoms with van der Waals surface area (Å²) in [6, 6.07) is 3.56. The summed E-state index contributed by atoms with van der Waals surface area (Å²) in [5.74, 6) is 0. The van der Waals surface area contributed by atoms with Crippen LogP contribution in [-0.4, -0.2) is 11.1 Å². The van der Waals surface area contributed by atoms with Crippen LogP contribution in [0.4, 0.5) is 5.69 Å². The number of isocyanates is 1. The van der Waals surface area contributed by atoms with Crippen molar-refractivity contribution in [2.24, 2.45) is 4.99 Å². The SMILES string of the molecule is Cc1ccc(N=C=O)c(C)n1. The zero-order valence-corrected chi connectivity index (χ0v) is 6.46. The second-order valence-corrected chi connectivity index (χ2v) is 2.26. The monoisotopic (exact) mass is 148 g/mol. The Balaban J connectivity index is 3.19. The van der Waals surface area contributed by atoms with Gasteiger partial charge in [0.2, 0.25) is 6.08 Å². The summed E-state index contributed by atoms with van der Waals surface area (Å²) in [6.07, 6.45) is 1.48. The van der Waals surface area contributed by atoms with Gasteiger partial charge in [-0.05, 0) is 26.0 Å². The minimum atomic E-state index is 0.589. The number of pyridine rings is 1. The predicted molar refractivity (Wildman–Crippen MR) is 41.5 cm³/mol. The van der Waals surface area contributed by atoms with Gasteiger partial charge in [-0.1, -0.05) is 0 Å². The molecule has 0 atom stereocenters. The lowest BCUT2D eigenvalue weighted by Crippen LogP contribution is -1.84. The molecule has 0 saturated carbocycles. The minimum Gasteiger partial charge on any atom is -0.256 e. The zero-order chi connectivity index (χ0) is 8.27. The largest absolute Gasteiger partial charge is 0.256 e. The van der Waals surface area contributed by atoms with E-state index >= 15 is 0 Å². The van der Waals surface area contributed by atoms with Crippen LogP contribution in [0.2, 0.25) is 0 Å². The second kappa shape index (κ2) is 3.08. The van der Waals surface area contributed by atoms with Gasteiger partial charge in [-0.25, -0.2) is 4.79 Å². The Bertz CT molecular complexity index is 314. The van der Waals surface area contributed by atoms with E-state index in [2.05, 4.69) is 9.98 Å². The fourth-order valence-corrected chi connectivity index (χ4v) is 0.847. The highest BCUT2D eigenvalue weighted by Gasteiger charge is 1.95. The van der Waals surface area contributed by atoms with Crippen LogP contribution >= 0.6 is 0 Å². The first-order valence-electron chi connectivity index (χ1n) is 3.26. The highest BCUT2D eigenvalue weighted by Crippen LogP contribution is 2.14. The van der Waals surface area contributed by atoms with E-state index in [0.29, 0.717) is 5.69 Å². The molecule has 0 N–H and O–H groups in total. The van der Waals surface area contributed by atoms with Crippen LogP contribution in [0.3, 0.4) is 0 Å². The van der Waals surface area contributed by atoms with Gasteiger partial charge in [-0.2, -0.15) is 4.99 Å². The van der Waals surface area contributed by atoms with Crippen molar-refractivity contribution >= 4 is 11.8 Å². The van der Waals surface area contributed by atoms with E-state index in [0.717, 1.165) is 11.4 Å². The maximum absolute atomic E-state index is 9.89. The first-order valence-corrected chi connectivity index (χ1v) is 3.26. The number of hydrogen-bond acceptors (Lipinski definition) is 3. The Hall–Kier alpha value is -1.47. The summed E-state index contributed by atoms with van der Waals surface area (Å²) in [6.45, 7) is 3.70. The molecular weight excluding hydrogens is 140 g/mol. The van der Waals surface area contributed by atoms with Crippen LogP contribution in [-0.2, 0) is 4.79 Å². The molecule has 3 heteroatoms. The molecule has 1 rings (SSSR count). The van der Waals surface area contributed by atoms with Crippen LogP contribution in [0.1, 0.15) is 11.4 Å². The van der Waals surface area contributed by atoms with Gasteiger partial charge < -0.3 is 0 Å². The highest BCUT2D eigenvalue weighted by atomic mass is 16.1. The number of hydrogen-bond donors (Lipinski definition) is 0. The summed E-state index contributed by atoms with van der Waals surface area (Å²) in [5.41, 5.74) is 2.27. The van der Waals surface area contributed by atoms with Crippen molar-refractivity contribution in [1.82, 2.24) is 4.98 Å². The first-order chi connectivity index (χ1) is 5.24. The fraction of sp³-hybridized carbons (Fsp3) is 0.250. The maximum atomic E-state index is 9.89. The predicted octanol–water partition coefficient (Wildman–Crippen LogP) is 1.67. The summed E-state index contributed by atoms with van der Waals surface area (Å²) < 4.78 is 0. The van der Waals surface area contributed by atoms with Crippen molar-refractivity contribution in [3.63, 3.8) is 0 Å². The minimum absolute atomic E-state index is 0.589. The average Bonchev–Trinajstić information content (AvgIpc) is 1.95. The van der Waals surface area contributed by atoms with Gasteiger partial charge in [0.1, 0.15) is 0 Å². The van der Waals surface area contributed by atoms with Gasteiger partial charge in [0, 0.05) is 5.69 Å². The standard InChI is InChI=1S/C8H8N2O/c1-6-3-4-8(9-5-11)7(2)10-6/h3-4H,1-2H3. The number of aryl methyl sites for hydroxylation is 2. The van der Waals surface area contributed by atoms with Gasteiger partial charge in [0.05, 0.1) is 11.4 Å². The lowest BCUT2D eigenvalue weighted by Gasteiger charge is -1.96. The van der Waals surface area contributed by atoms with E-state index in [1.807, 2.05) is 19.9 Å². The number of aliphatic imine (C=N–C) groups is 1. The number of nitrogens with zero attached hydrogens (tertiary/aromatic N) is 2. The summed E-state index contributed by atoms with van der Waals surface area (Å²) >= 11 is 0. The third kappa shape index (κ3) is 1.72. The van der Waals surface area contributed by atoms with Crippen molar-refractivity contribution in [3.8, 4) is 0 Å². The molecule has 0 saturated heterocycles. The number of rotatable bonds is 1. The molecule has 3 nitrogen and oxygen atoms in total. The van der Waals surface area contributed by atoms with Gasteiger partial charge >= 0.3 is 0 Å². The maximum Gasteiger partial charge on any atom is 0.240 e. The van der Waals surface area contributed by atoms with E-state index in [9.17, 15) is 4.79 Å². The molecule has 1 heterocycles. The smallest absolute Gasteiger partial charge is 0.240 e. The molecule has 0 aliphatic heterocycles. The molecule has 0 spiro atoms. The van der Waals surface area contributed by atoms with Gasteiger partial charge in [-0.3, -0.25) is 4.98 Å². The Labute approximate surface area is 64.8 Å². The summed E-state index contributed by atoms with van der Waals surface area (Å²) in [5, 5.41) is 0. The Kier molecular flexibility index (Phi) is 2.14. The molecule has 56 valence electrons. The molecule has 0 unspecified atom stereocenters. The van der Waals surface area contributed by atoms with E-state index < -0.39 is 0 Å². The van der Waals surface area contributed by atoms with Crippen LogP contribution < -0.4 is 0 Å². The molecular formula is C8H8N2O. The molecule has 0 amide bonds. The van der Waals surface area contributed by atoms with Crippen LogP contribution in [0.15, 0.2) is 17.1 Å². The summed E-state index contributed by atoms with van der Waals surface area (Å²) in [4.78, 5) is 17.5. The summed E-state index contributed by atoms with van der Waals surface area (Å²) in [7, 11) is 0. The van der Waals surface area contributed by atoms with Crippen molar-refractivity contribution in [2.45, 2.75) is 13.8 Å². The molecule has 1 aromatic heterocycles. The van der Waals surface area contributed by atoms with E-state index in [1.165, 1.54) is 6.08 Å². The van der Waals surface area contributed by atoms with Gasteiger partial charge in [-0.15, -0.1) is 0 Å². The molecule has 11 heavy (non-hydrogen) atoms. The molecule has 0 radical (unpaired) electrons. The zero-order valence-electron chi connectivity index (χ0n) is 6.46. The third-order valence-electron chi connectivity index (χ3n) is 1.36. The van der Waals surface area contributed by atoms with Crippen molar-refractivity contribution in [3.05, 3.63) is 23.5 Å². The van der Waals surface area contributed by atoms with E-state index in [4.69, 9.17) is 0 Å². The molecule has 0 aliphatic carbocycles. The highest BCUT2D eigenvalue weighted by molar-refractivity contribution is 5.51. The van der Waals surface area contributed by atoms with Crippen molar-refractivity contribution in [2.75, 3.05) is 0 Å². The lowest BCUT2D eigenvalue weighted by atomic mass is 10.3. The lowest BCUT2D eigenvalue weighted by molar-refractivity contribution is 0.565. The number of aromatic nitrogens is 1. The first kappa shape index (κ1) is 7.63. The van der Waals surface area contributed by atoms with E-state index in [-0.39, 0.29) is 0 Å². The van der Waals surface area contributed by atoms with E-state index in [1.54, 1.807) is 6.07 Å². The topological polar surface area (TPSA) is 42.3 Å². The van der Waals surface area contributed by atoms with Gasteiger partial charge in [0.15, 0.2) is 0 Å². The van der Waals surface area contributed by atoms with Gasteiger partial charge in [0.25, 0.3) is 0 Å². The molecule has 0 fully saturated rings. The average molecular weight is 148 g/mol. The third-order valence-corrected chi connectivity index (χ3v) is 1.36. The quantitative estimate of drug-likeness (QED) is 0.449. The van der Waals surface area contributed by atoms with Crippen molar-refractivity contribution in [1.29, 1.82) is 0 Å². The normalized spacial score (nSPS) is 8.91. The van der Waals surface area contributed by atoms with Crippen LogP contribution in [0.5, 0.6) is 0 Å². The fourth-order valence-electron chi connectivity index (χ4n) is 0.847. The molecule has 0 aliphatic rings. The Morgan fingerprint density at radius 2 is 2.18 bits per heavy atom. The Morgan fingerprint density at radius 1 is 1.45 bits per heavy atom. The number of carbonyl (C=O) groups excluding carboxylic acids is 1. The molecule has 1 aromatic rings.